The fourth-order valence-electron chi connectivity index (χ4n) is 4.23. The van der Waals surface area contributed by atoms with Crippen molar-refractivity contribution < 1.29 is 9.21 Å². The minimum Gasteiger partial charge on any atom is -0.450 e. The molecule has 0 saturated carbocycles. The first-order valence-corrected chi connectivity index (χ1v) is 10.9. The summed E-state index contributed by atoms with van der Waals surface area (Å²) in [5, 5.41) is 0.503. The smallest absolute Gasteiger partial charge is 0.295 e. The second kappa shape index (κ2) is 7.20. The molecule has 0 saturated heterocycles. The molecule has 1 amide bonds. The molecule has 0 radical (unpaired) electrons. The second-order valence-corrected chi connectivity index (χ2v) is 8.99. The molecule has 31 heavy (non-hydrogen) atoms. The Bertz CT molecular complexity index is 1420. The number of benzene rings is 3. The van der Waals surface area contributed by atoms with Gasteiger partial charge in [0.15, 0.2) is 5.43 Å². The van der Waals surface area contributed by atoms with Gasteiger partial charge in [0, 0.05) is 10.2 Å². The molecule has 1 unspecified atom stereocenters. The Balaban J connectivity index is 1.83. The van der Waals surface area contributed by atoms with Gasteiger partial charge < -0.3 is 4.42 Å². The normalized spacial score (nSPS) is 15.5. The average Bonchev–Trinajstić information content (AvgIpc) is 3.03. The summed E-state index contributed by atoms with van der Waals surface area (Å²) in [5.41, 5.74) is 5.33. The van der Waals surface area contributed by atoms with Crippen molar-refractivity contribution >= 4 is 38.5 Å². The van der Waals surface area contributed by atoms with E-state index in [1.807, 2.05) is 81.4 Å². The van der Waals surface area contributed by atoms with Crippen LogP contribution in [0, 0.1) is 20.8 Å². The Morgan fingerprint density at radius 3 is 2.32 bits per heavy atom. The van der Waals surface area contributed by atoms with Crippen LogP contribution in [0.15, 0.2) is 74.3 Å². The summed E-state index contributed by atoms with van der Waals surface area (Å²) >= 11 is 3.47. The molecule has 2 heterocycles. The number of anilines is 1. The summed E-state index contributed by atoms with van der Waals surface area (Å²) in [6.45, 7) is 5.92. The molecule has 4 aromatic rings. The van der Waals surface area contributed by atoms with Gasteiger partial charge >= 0.3 is 0 Å². The molecule has 0 spiro atoms. The van der Waals surface area contributed by atoms with E-state index in [9.17, 15) is 9.59 Å². The predicted molar refractivity (Wildman–Crippen MR) is 126 cm³/mol. The molecular weight excluding hydrogens is 454 g/mol. The van der Waals surface area contributed by atoms with Gasteiger partial charge in [-0.1, -0.05) is 40.2 Å². The van der Waals surface area contributed by atoms with E-state index in [0.717, 1.165) is 32.4 Å². The highest BCUT2D eigenvalue weighted by molar-refractivity contribution is 9.10. The number of hydrogen-bond acceptors (Lipinski definition) is 3. The summed E-state index contributed by atoms with van der Waals surface area (Å²) in [7, 11) is 0. The third-order valence-corrected chi connectivity index (χ3v) is 6.48. The minimum absolute atomic E-state index is 0.121. The van der Waals surface area contributed by atoms with Crippen LogP contribution in [0.25, 0.3) is 11.0 Å². The highest BCUT2D eigenvalue weighted by atomic mass is 79.9. The van der Waals surface area contributed by atoms with Gasteiger partial charge in [-0.15, -0.1) is 0 Å². The molecule has 0 aliphatic carbocycles. The molecule has 0 fully saturated rings. The first-order chi connectivity index (χ1) is 14.8. The van der Waals surface area contributed by atoms with E-state index in [1.165, 1.54) is 0 Å². The number of fused-ring (bicyclic) bond motifs is 2. The molecule has 5 rings (SSSR count). The van der Waals surface area contributed by atoms with Crippen molar-refractivity contribution in [3.8, 4) is 0 Å². The number of amides is 1. The van der Waals surface area contributed by atoms with Gasteiger partial charge in [0.1, 0.15) is 5.58 Å². The quantitative estimate of drug-likeness (QED) is 0.346. The van der Waals surface area contributed by atoms with Crippen molar-refractivity contribution in [2.75, 3.05) is 4.90 Å². The molecule has 154 valence electrons. The van der Waals surface area contributed by atoms with Gasteiger partial charge in [0.25, 0.3) is 5.91 Å². The first kappa shape index (κ1) is 19.8. The average molecular weight is 474 g/mol. The number of rotatable bonds is 2. The van der Waals surface area contributed by atoms with Crippen LogP contribution < -0.4 is 10.3 Å². The van der Waals surface area contributed by atoms with Crippen molar-refractivity contribution in [2.45, 2.75) is 26.8 Å². The summed E-state index contributed by atoms with van der Waals surface area (Å²) in [4.78, 5) is 28.9. The lowest BCUT2D eigenvalue weighted by atomic mass is 9.97. The number of carbonyl (C=O) groups is 1. The van der Waals surface area contributed by atoms with Gasteiger partial charge in [-0.05, 0) is 79.4 Å². The molecule has 1 atom stereocenters. The number of carbonyl (C=O) groups excluding carboxylic acids is 1. The largest absolute Gasteiger partial charge is 0.450 e. The Morgan fingerprint density at radius 2 is 1.61 bits per heavy atom. The zero-order valence-electron chi connectivity index (χ0n) is 17.4. The monoisotopic (exact) mass is 473 g/mol. The summed E-state index contributed by atoms with van der Waals surface area (Å²) < 4.78 is 7.02. The van der Waals surface area contributed by atoms with Gasteiger partial charge in [-0.2, -0.15) is 0 Å². The number of nitrogens with zero attached hydrogens (tertiary/aromatic N) is 1. The molecule has 0 N–H and O–H groups in total. The highest BCUT2D eigenvalue weighted by Crippen LogP contribution is 2.41. The third-order valence-electron chi connectivity index (χ3n) is 5.95. The van der Waals surface area contributed by atoms with Crippen LogP contribution in [0.2, 0.25) is 0 Å². The van der Waals surface area contributed by atoms with Crippen molar-refractivity contribution in [1.82, 2.24) is 0 Å². The van der Waals surface area contributed by atoms with Crippen LogP contribution in [0.5, 0.6) is 0 Å². The molecule has 0 bridgehead atoms. The Hall–Kier alpha value is -3.18. The zero-order valence-corrected chi connectivity index (χ0v) is 19.0. The lowest BCUT2D eigenvalue weighted by Gasteiger charge is -2.25. The lowest BCUT2D eigenvalue weighted by Crippen LogP contribution is -2.29. The van der Waals surface area contributed by atoms with E-state index in [2.05, 4.69) is 15.9 Å². The summed E-state index contributed by atoms with van der Waals surface area (Å²) in [5.74, 6) is -0.180. The first-order valence-electron chi connectivity index (χ1n) is 10.1. The Morgan fingerprint density at radius 1 is 0.903 bits per heavy atom. The van der Waals surface area contributed by atoms with Crippen molar-refractivity contribution in [1.29, 1.82) is 0 Å². The predicted octanol–water partition coefficient (Wildman–Crippen LogP) is 6.23. The summed E-state index contributed by atoms with van der Waals surface area (Å²) in [6.07, 6.45) is 0. The van der Waals surface area contributed by atoms with Crippen molar-refractivity contribution in [3.63, 3.8) is 0 Å². The van der Waals surface area contributed by atoms with Crippen LogP contribution in [0.3, 0.4) is 0 Å². The maximum absolute atomic E-state index is 13.7. The van der Waals surface area contributed by atoms with Gasteiger partial charge in [-0.25, -0.2) is 0 Å². The number of hydrogen-bond donors (Lipinski definition) is 0. The molecular formula is C26H20BrNO3. The van der Waals surface area contributed by atoms with E-state index < -0.39 is 6.04 Å². The van der Waals surface area contributed by atoms with E-state index in [4.69, 9.17) is 4.42 Å². The minimum atomic E-state index is -0.556. The van der Waals surface area contributed by atoms with Crippen molar-refractivity contribution in [3.05, 3.63) is 109 Å². The standard InChI is InChI=1S/C26H20BrNO3/c1-14-5-4-6-19(11-14)28-23(17-7-9-18(27)10-8-17)22-24(29)20-12-15(2)16(3)13-21(20)31-25(22)26(28)30/h4-13,23H,1-3H3. The van der Waals surface area contributed by atoms with Crippen LogP contribution in [0.4, 0.5) is 5.69 Å². The second-order valence-electron chi connectivity index (χ2n) is 8.07. The number of halogens is 1. The maximum Gasteiger partial charge on any atom is 0.295 e. The topological polar surface area (TPSA) is 50.5 Å². The summed E-state index contributed by atoms with van der Waals surface area (Å²) in [6, 6.07) is 18.6. The fraction of sp³-hybridized carbons (Fsp3) is 0.154. The third kappa shape index (κ3) is 3.12. The van der Waals surface area contributed by atoms with Crippen LogP contribution in [-0.4, -0.2) is 5.91 Å². The number of aryl methyl sites for hydroxylation is 3. The highest BCUT2D eigenvalue weighted by Gasteiger charge is 2.43. The van der Waals surface area contributed by atoms with Gasteiger partial charge in [0.05, 0.1) is 17.0 Å². The fourth-order valence-corrected chi connectivity index (χ4v) is 4.50. The molecule has 3 aromatic carbocycles. The molecule has 1 aliphatic heterocycles. The SMILES string of the molecule is Cc1cccc(N2C(=O)c3oc4cc(C)c(C)cc4c(=O)c3C2c2ccc(Br)cc2)c1. The molecule has 5 heteroatoms. The van der Waals surface area contributed by atoms with Gasteiger partial charge in [-0.3, -0.25) is 14.5 Å². The molecule has 1 aliphatic rings. The van der Waals surface area contributed by atoms with Crippen LogP contribution >= 0.6 is 15.9 Å². The molecule has 1 aromatic heterocycles. The van der Waals surface area contributed by atoms with E-state index in [-0.39, 0.29) is 17.1 Å². The van der Waals surface area contributed by atoms with E-state index in [0.29, 0.717) is 16.5 Å². The molecule has 4 nitrogen and oxygen atoms in total. The zero-order chi connectivity index (χ0) is 21.9. The van der Waals surface area contributed by atoms with Crippen LogP contribution in [0.1, 0.15) is 44.4 Å². The maximum atomic E-state index is 13.7. The Labute approximate surface area is 188 Å². The van der Waals surface area contributed by atoms with Crippen LogP contribution in [-0.2, 0) is 0 Å². The lowest BCUT2D eigenvalue weighted by molar-refractivity contribution is 0.0971. The van der Waals surface area contributed by atoms with Crippen molar-refractivity contribution in [2.24, 2.45) is 0 Å². The van der Waals surface area contributed by atoms with Gasteiger partial charge in [0.2, 0.25) is 5.76 Å². The Kier molecular flexibility index (Phi) is 4.59. The van der Waals surface area contributed by atoms with E-state index >= 15 is 0 Å². The van der Waals surface area contributed by atoms with E-state index in [1.54, 1.807) is 4.90 Å².